The molecule has 100 valence electrons. The number of nitrogens with one attached hydrogen (secondary N) is 2. The summed E-state index contributed by atoms with van der Waals surface area (Å²) in [6.45, 7) is 5.82. The summed E-state index contributed by atoms with van der Waals surface area (Å²) in [5, 5.41) is 6.11. The van der Waals surface area contributed by atoms with Gasteiger partial charge in [0, 0.05) is 17.6 Å². The van der Waals surface area contributed by atoms with Gasteiger partial charge in [0.25, 0.3) is 0 Å². The number of carbonyl (C=O) groups is 1. The zero-order valence-electron chi connectivity index (χ0n) is 11.2. The molecule has 0 saturated heterocycles. The van der Waals surface area contributed by atoms with Crippen molar-refractivity contribution >= 4 is 21.8 Å². The Morgan fingerprint density at radius 2 is 1.83 bits per heavy atom. The highest BCUT2D eigenvalue weighted by molar-refractivity contribution is 9.10. The van der Waals surface area contributed by atoms with Gasteiger partial charge in [-0.25, -0.2) is 0 Å². The first-order chi connectivity index (χ1) is 8.43. The second-order valence-corrected chi connectivity index (χ2v) is 6.19. The van der Waals surface area contributed by atoms with Gasteiger partial charge in [0.2, 0.25) is 5.91 Å². The summed E-state index contributed by atoms with van der Waals surface area (Å²) >= 11 is 3.38. The molecule has 18 heavy (non-hydrogen) atoms. The van der Waals surface area contributed by atoms with Gasteiger partial charge in [-0.2, -0.15) is 0 Å². The van der Waals surface area contributed by atoms with Crippen LogP contribution in [0.5, 0.6) is 0 Å². The smallest absolute Gasteiger partial charge is 0.224 e. The highest BCUT2D eigenvalue weighted by Gasteiger charge is 2.17. The van der Waals surface area contributed by atoms with Gasteiger partial charge in [-0.3, -0.25) is 4.79 Å². The Morgan fingerprint density at radius 3 is 2.39 bits per heavy atom. The Hall–Kier alpha value is -0.870. The van der Waals surface area contributed by atoms with E-state index in [1.807, 2.05) is 31.3 Å². The number of benzene rings is 1. The van der Waals surface area contributed by atoms with Crippen LogP contribution in [0, 0.1) is 5.41 Å². The van der Waals surface area contributed by atoms with Gasteiger partial charge in [0.05, 0.1) is 6.42 Å². The zero-order valence-corrected chi connectivity index (χ0v) is 12.8. The molecule has 0 bridgehead atoms. The van der Waals surface area contributed by atoms with Gasteiger partial charge in [0.15, 0.2) is 0 Å². The van der Waals surface area contributed by atoms with Crippen LogP contribution in [0.1, 0.15) is 19.4 Å². The van der Waals surface area contributed by atoms with E-state index in [9.17, 15) is 4.79 Å². The highest BCUT2D eigenvalue weighted by atomic mass is 79.9. The van der Waals surface area contributed by atoms with Crippen LogP contribution in [0.3, 0.4) is 0 Å². The number of hydrogen-bond acceptors (Lipinski definition) is 2. The van der Waals surface area contributed by atoms with Crippen molar-refractivity contribution in [3.8, 4) is 0 Å². The first kappa shape index (κ1) is 15.2. The van der Waals surface area contributed by atoms with E-state index in [4.69, 9.17) is 0 Å². The Morgan fingerprint density at radius 1 is 1.22 bits per heavy atom. The first-order valence-electron chi connectivity index (χ1n) is 6.09. The van der Waals surface area contributed by atoms with Crippen LogP contribution in [-0.4, -0.2) is 26.0 Å². The SMILES string of the molecule is CNCC(C)(C)CNC(=O)Cc1ccc(Br)cc1. The van der Waals surface area contributed by atoms with Gasteiger partial charge in [-0.1, -0.05) is 41.9 Å². The Bertz CT molecular complexity index is 387. The summed E-state index contributed by atoms with van der Waals surface area (Å²) in [5.41, 5.74) is 1.10. The van der Waals surface area contributed by atoms with Gasteiger partial charge in [-0.15, -0.1) is 0 Å². The molecular formula is C14H21BrN2O. The number of carbonyl (C=O) groups excluding carboxylic acids is 1. The average Bonchev–Trinajstić information content (AvgIpc) is 2.30. The van der Waals surface area contributed by atoms with Gasteiger partial charge in [0.1, 0.15) is 0 Å². The summed E-state index contributed by atoms with van der Waals surface area (Å²) in [6.07, 6.45) is 0.433. The minimum Gasteiger partial charge on any atom is -0.355 e. The fraction of sp³-hybridized carbons (Fsp3) is 0.500. The summed E-state index contributed by atoms with van der Waals surface area (Å²) in [6, 6.07) is 7.83. The molecule has 3 nitrogen and oxygen atoms in total. The molecule has 4 heteroatoms. The van der Waals surface area contributed by atoms with Crippen LogP contribution in [-0.2, 0) is 11.2 Å². The molecule has 0 fully saturated rings. The fourth-order valence-electron chi connectivity index (χ4n) is 1.73. The maximum atomic E-state index is 11.8. The summed E-state index contributed by atoms with van der Waals surface area (Å²) < 4.78 is 1.03. The number of hydrogen-bond donors (Lipinski definition) is 2. The first-order valence-corrected chi connectivity index (χ1v) is 6.88. The molecule has 0 aliphatic rings. The van der Waals surface area contributed by atoms with Crippen molar-refractivity contribution in [3.63, 3.8) is 0 Å². The van der Waals surface area contributed by atoms with Crippen molar-refractivity contribution < 1.29 is 4.79 Å². The standard InChI is InChI=1S/C14H21BrN2O/c1-14(2,9-16-3)10-17-13(18)8-11-4-6-12(15)7-5-11/h4-7,16H,8-10H2,1-3H3,(H,17,18). The summed E-state index contributed by atoms with van der Waals surface area (Å²) in [4.78, 5) is 11.8. The monoisotopic (exact) mass is 312 g/mol. The second-order valence-electron chi connectivity index (χ2n) is 5.27. The topological polar surface area (TPSA) is 41.1 Å². The van der Waals surface area contributed by atoms with Crippen molar-refractivity contribution in [2.45, 2.75) is 20.3 Å². The lowest BCUT2D eigenvalue weighted by atomic mass is 9.93. The Kier molecular flexibility index (Phi) is 5.82. The molecule has 0 heterocycles. The van der Waals surface area contributed by atoms with Crippen molar-refractivity contribution in [2.24, 2.45) is 5.41 Å². The van der Waals surface area contributed by atoms with E-state index in [1.165, 1.54) is 0 Å². The van der Waals surface area contributed by atoms with E-state index in [1.54, 1.807) is 0 Å². The van der Waals surface area contributed by atoms with Crippen molar-refractivity contribution in [2.75, 3.05) is 20.1 Å². The van der Waals surface area contributed by atoms with Crippen LogP contribution in [0.25, 0.3) is 0 Å². The fourth-order valence-corrected chi connectivity index (χ4v) is 1.99. The van der Waals surface area contributed by atoms with Crippen LogP contribution in [0.15, 0.2) is 28.7 Å². The largest absolute Gasteiger partial charge is 0.355 e. The maximum absolute atomic E-state index is 11.8. The lowest BCUT2D eigenvalue weighted by molar-refractivity contribution is -0.120. The maximum Gasteiger partial charge on any atom is 0.224 e. The molecule has 0 saturated carbocycles. The molecule has 0 aromatic heterocycles. The highest BCUT2D eigenvalue weighted by Crippen LogP contribution is 2.12. The quantitative estimate of drug-likeness (QED) is 0.846. The van der Waals surface area contributed by atoms with Crippen molar-refractivity contribution in [1.29, 1.82) is 0 Å². The van der Waals surface area contributed by atoms with Gasteiger partial charge < -0.3 is 10.6 Å². The third-order valence-electron chi connectivity index (χ3n) is 2.70. The molecule has 2 N–H and O–H groups in total. The van der Waals surface area contributed by atoms with Crippen LogP contribution in [0.4, 0.5) is 0 Å². The summed E-state index contributed by atoms with van der Waals surface area (Å²) in [5.74, 6) is 0.0708. The number of rotatable bonds is 6. The Balaban J connectivity index is 2.40. The molecule has 1 amide bonds. The molecule has 1 aromatic carbocycles. The normalized spacial score (nSPS) is 11.3. The Labute approximate surface area is 117 Å². The van der Waals surface area contributed by atoms with Crippen LogP contribution < -0.4 is 10.6 Å². The molecule has 0 spiro atoms. The third kappa shape index (κ3) is 5.65. The minimum absolute atomic E-state index is 0.0708. The average molecular weight is 313 g/mol. The van der Waals surface area contributed by atoms with Crippen LogP contribution in [0.2, 0.25) is 0 Å². The van der Waals surface area contributed by atoms with Gasteiger partial charge in [-0.05, 0) is 30.2 Å². The van der Waals surface area contributed by atoms with E-state index in [2.05, 4.69) is 40.4 Å². The molecule has 0 aliphatic carbocycles. The lowest BCUT2D eigenvalue weighted by Gasteiger charge is -2.24. The molecular weight excluding hydrogens is 292 g/mol. The molecule has 0 atom stereocenters. The molecule has 1 aromatic rings. The van der Waals surface area contributed by atoms with Crippen molar-refractivity contribution in [1.82, 2.24) is 10.6 Å². The van der Waals surface area contributed by atoms with E-state index >= 15 is 0 Å². The van der Waals surface area contributed by atoms with E-state index in [0.29, 0.717) is 13.0 Å². The van der Waals surface area contributed by atoms with Gasteiger partial charge >= 0.3 is 0 Å². The van der Waals surface area contributed by atoms with E-state index in [-0.39, 0.29) is 11.3 Å². The van der Waals surface area contributed by atoms with E-state index < -0.39 is 0 Å². The summed E-state index contributed by atoms with van der Waals surface area (Å²) in [7, 11) is 1.92. The van der Waals surface area contributed by atoms with Crippen LogP contribution >= 0.6 is 15.9 Å². The molecule has 0 unspecified atom stereocenters. The minimum atomic E-state index is 0.0708. The lowest BCUT2D eigenvalue weighted by Crippen LogP contribution is -2.39. The predicted octanol–water partition coefficient (Wildman–Crippen LogP) is 2.35. The number of amides is 1. The molecule has 0 radical (unpaired) electrons. The third-order valence-corrected chi connectivity index (χ3v) is 3.23. The molecule has 0 aliphatic heterocycles. The van der Waals surface area contributed by atoms with Crippen molar-refractivity contribution in [3.05, 3.63) is 34.3 Å². The van der Waals surface area contributed by atoms with E-state index in [0.717, 1.165) is 16.6 Å². The predicted molar refractivity (Wildman–Crippen MR) is 78.6 cm³/mol. The molecule has 1 rings (SSSR count). The second kappa shape index (κ2) is 6.90. The number of halogens is 1. The zero-order chi connectivity index (χ0) is 13.6.